The van der Waals surface area contributed by atoms with Gasteiger partial charge < -0.3 is 8.98 Å². The van der Waals surface area contributed by atoms with Crippen molar-refractivity contribution < 1.29 is 4.42 Å². The summed E-state index contributed by atoms with van der Waals surface area (Å²) < 4.78 is 7.52. The topological polar surface area (TPSA) is 48.0 Å². The molecular weight excluding hydrogens is 312 g/mol. The summed E-state index contributed by atoms with van der Waals surface area (Å²) in [5, 5.41) is 0. The van der Waals surface area contributed by atoms with Crippen LogP contribution in [-0.4, -0.2) is 9.55 Å². The minimum absolute atomic E-state index is 0.0718. The SMILES string of the molecule is Cn1cc(-c2ncc(-c3ccccc3)o2)c(-c2ccccc2)cc1=O. The fourth-order valence-electron chi connectivity index (χ4n) is 2.79. The lowest BCUT2D eigenvalue weighted by atomic mass is 10.0. The maximum absolute atomic E-state index is 12.1. The molecule has 0 saturated carbocycles. The smallest absolute Gasteiger partial charge is 0.250 e. The Kier molecular flexibility index (Phi) is 3.78. The molecule has 0 aliphatic rings. The van der Waals surface area contributed by atoms with Crippen molar-refractivity contribution >= 4 is 0 Å². The van der Waals surface area contributed by atoms with Gasteiger partial charge in [0.25, 0.3) is 5.56 Å². The fraction of sp³-hybridized carbons (Fsp3) is 0.0476. The zero-order valence-electron chi connectivity index (χ0n) is 13.7. The number of rotatable bonds is 3. The van der Waals surface area contributed by atoms with E-state index in [0.717, 1.165) is 22.3 Å². The number of pyridine rings is 1. The van der Waals surface area contributed by atoms with Crippen LogP contribution in [0.4, 0.5) is 0 Å². The molecule has 0 unspecified atom stereocenters. The Hall–Kier alpha value is -3.40. The van der Waals surface area contributed by atoms with Crippen molar-refractivity contribution in [1.29, 1.82) is 0 Å². The molecule has 25 heavy (non-hydrogen) atoms. The molecule has 0 aliphatic heterocycles. The molecule has 0 bridgehead atoms. The van der Waals surface area contributed by atoms with E-state index in [-0.39, 0.29) is 5.56 Å². The summed E-state index contributed by atoms with van der Waals surface area (Å²) in [4.78, 5) is 16.6. The molecule has 2 aromatic heterocycles. The molecule has 2 heterocycles. The first-order valence-corrected chi connectivity index (χ1v) is 8.00. The van der Waals surface area contributed by atoms with E-state index in [2.05, 4.69) is 4.98 Å². The highest BCUT2D eigenvalue weighted by molar-refractivity contribution is 5.79. The second-order valence-corrected chi connectivity index (χ2v) is 5.81. The molecule has 4 aromatic rings. The first-order chi connectivity index (χ1) is 12.2. The van der Waals surface area contributed by atoms with Crippen molar-refractivity contribution in [1.82, 2.24) is 9.55 Å². The van der Waals surface area contributed by atoms with E-state index in [1.165, 1.54) is 4.57 Å². The van der Waals surface area contributed by atoms with Crippen molar-refractivity contribution in [2.75, 3.05) is 0 Å². The molecular formula is C21H16N2O2. The van der Waals surface area contributed by atoms with Crippen molar-refractivity contribution in [2.45, 2.75) is 0 Å². The number of hydrogen-bond donors (Lipinski definition) is 0. The Morgan fingerprint density at radius 2 is 1.52 bits per heavy atom. The van der Waals surface area contributed by atoms with Gasteiger partial charge in [-0.25, -0.2) is 4.98 Å². The average Bonchev–Trinajstić information content (AvgIpc) is 3.15. The zero-order valence-corrected chi connectivity index (χ0v) is 13.7. The van der Waals surface area contributed by atoms with Crippen LogP contribution in [0.2, 0.25) is 0 Å². The second kappa shape index (κ2) is 6.24. The third-order valence-corrected chi connectivity index (χ3v) is 4.11. The van der Waals surface area contributed by atoms with Gasteiger partial charge in [-0.3, -0.25) is 4.79 Å². The third-order valence-electron chi connectivity index (χ3n) is 4.11. The Bertz CT molecular complexity index is 1060. The largest absolute Gasteiger partial charge is 0.436 e. The molecule has 122 valence electrons. The van der Waals surface area contributed by atoms with Crippen LogP contribution in [0, 0.1) is 0 Å². The maximum atomic E-state index is 12.1. The van der Waals surface area contributed by atoms with E-state index < -0.39 is 0 Å². The summed E-state index contributed by atoms with van der Waals surface area (Å²) in [6, 6.07) is 21.2. The minimum Gasteiger partial charge on any atom is -0.436 e. The number of nitrogens with zero attached hydrogens (tertiary/aromatic N) is 2. The van der Waals surface area contributed by atoms with Crippen molar-refractivity contribution in [3.05, 3.63) is 89.5 Å². The normalized spacial score (nSPS) is 10.8. The first-order valence-electron chi connectivity index (χ1n) is 8.00. The van der Waals surface area contributed by atoms with Crippen LogP contribution in [0.15, 0.2) is 88.3 Å². The summed E-state index contributed by atoms with van der Waals surface area (Å²) in [5.41, 5.74) is 3.44. The quantitative estimate of drug-likeness (QED) is 0.561. The molecule has 4 heteroatoms. The lowest BCUT2D eigenvalue weighted by Crippen LogP contribution is -2.15. The van der Waals surface area contributed by atoms with Crippen molar-refractivity contribution in [3.63, 3.8) is 0 Å². The van der Waals surface area contributed by atoms with Gasteiger partial charge in [-0.1, -0.05) is 60.7 Å². The van der Waals surface area contributed by atoms with Gasteiger partial charge in [0.15, 0.2) is 5.76 Å². The number of aromatic nitrogens is 2. The van der Waals surface area contributed by atoms with E-state index >= 15 is 0 Å². The molecule has 0 saturated heterocycles. The highest BCUT2D eigenvalue weighted by Crippen LogP contribution is 2.32. The maximum Gasteiger partial charge on any atom is 0.250 e. The third kappa shape index (κ3) is 2.90. The van der Waals surface area contributed by atoms with Gasteiger partial charge in [0, 0.05) is 30.4 Å². The second-order valence-electron chi connectivity index (χ2n) is 5.81. The first kappa shape index (κ1) is 15.1. The van der Waals surface area contributed by atoms with E-state index in [0.29, 0.717) is 11.7 Å². The van der Waals surface area contributed by atoms with Crippen LogP contribution in [0.1, 0.15) is 0 Å². The molecule has 0 aliphatic carbocycles. The summed E-state index contributed by atoms with van der Waals surface area (Å²) in [6.07, 6.45) is 3.48. The van der Waals surface area contributed by atoms with Crippen LogP contribution in [0.5, 0.6) is 0 Å². The molecule has 0 atom stereocenters. The Morgan fingerprint density at radius 1 is 0.880 bits per heavy atom. The molecule has 4 rings (SSSR count). The van der Waals surface area contributed by atoms with Gasteiger partial charge in [-0.05, 0) is 5.56 Å². The lowest BCUT2D eigenvalue weighted by molar-refractivity contribution is 0.588. The van der Waals surface area contributed by atoms with Crippen LogP contribution >= 0.6 is 0 Å². The van der Waals surface area contributed by atoms with Crippen molar-refractivity contribution in [2.24, 2.45) is 7.05 Å². The minimum atomic E-state index is -0.0718. The molecule has 0 spiro atoms. The zero-order chi connectivity index (χ0) is 17.2. The molecule has 0 fully saturated rings. The van der Waals surface area contributed by atoms with Gasteiger partial charge in [-0.2, -0.15) is 0 Å². The Balaban J connectivity index is 1.87. The monoisotopic (exact) mass is 328 g/mol. The molecule has 0 N–H and O–H groups in total. The number of hydrogen-bond acceptors (Lipinski definition) is 3. The highest BCUT2D eigenvalue weighted by atomic mass is 16.4. The van der Waals surface area contributed by atoms with E-state index in [1.807, 2.05) is 60.7 Å². The number of oxazole rings is 1. The Morgan fingerprint density at radius 3 is 2.20 bits per heavy atom. The average molecular weight is 328 g/mol. The molecule has 4 nitrogen and oxygen atoms in total. The van der Waals surface area contributed by atoms with Gasteiger partial charge in [0.05, 0.1) is 11.8 Å². The number of benzene rings is 2. The molecule has 0 amide bonds. The van der Waals surface area contributed by atoms with Crippen molar-refractivity contribution in [3.8, 4) is 33.9 Å². The van der Waals surface area contributed by atoms with E-state index in [9.17, 15) is 4.79 Å². The van der Waals surface area contributed by atoms with E-state index in [4.69, 9.17) is 4.42 Å². The predicted molar refractivity (Wildman–Crippen MR) is 98.1 cm³/mol. The summed E-state index contributed by atoms with van der Waals surface area (Å²) in [6.45, 7) is 0. The molecule has 0 radical (unpaired) electrons. The van der Waals surface area contributed by atoms with Gasteiger partial charge in [0.1, 0.15) is 0 Å². The van der Waals surface area contributed by atoms with Gasteiger partial charge in [0.2, 0.25) is 5.89 Å². The fourth-order valence-corrected chi connectivity index (χ4v) is 2.79. The summed E-state index contributed by atoms with van der Waals surface area (Å²) in [5.74, 6) is 1.19. The van der Waals surface area contributed by atoms with Crippen LogP contribution in [0.25, 0.3) is 33.9 Å². The van der Waals surface area contributed by atoms with Gasteiger partial charge in [-0.15, -0.1) is 0 Å². The van der Waals surface area contributed by atoms with E-state index in [1.54, 1.807) is 25.5 Å². The molecule has 2 aromatic carbocycles. The van der Waals surface area contributed by atoms with Crippen LogP contribution in [0.3, 0.4) is 0 Å². The predicted octanol–water partition coefficient (Wildman–Crippen LogP) is 4.37. The van der Waals surface area contributed by atoms with Gasteiger partial charge >= 0.3 is 0 Å². The standard InChI is InChI=1S/C21H16N2O2/c1-23-14-18(17(12-20(23)24)15-8-4-2-5-9-15)21-22-13-19(25-21)16-10-6-3-7-11-16/h2-14H,1H3. The summed E-state index contributed by atoms with van der Waals surface area (Å²) in [7, 11) is 1.72. The van der Waals surface area contributed by atoms with Crippen LogP contribution < -0.4 is 5.56 Å². The number of aryl methyl sites for hydroxylation is 1. The highest BCUT2D eigenvalue weighted by Gasteiger charge is 2.15. The summed E-state index contributed by atoms with van der Waals surface area (Å²) >= 11 is 0. The van der Waals surface area contributed by atoms with Crippen LogP contribution in [-0.2, 0) is 7.05 Å². The lowest BCUT2D eigenvalue weighted by Gasteiger charge is -2.09. The Labute approximate surface area is 145 Å².